The predicted octanol–water partition coefficient (Wildman–Crippen LogP) is 1.55. The Labute approximate surface area is 74.1 Å². The number of hydrogen-bond donors (Lipinski definition) is 1. The van der Waals surface area contributed by atoms with E-state index in [1.807, 2.05) is 0 Å². The van der Waals surface area contributed by atoms with Crippen molar-refractivity contribution in [3.05, 3.63) is 26.5 Å². The molecule has 54 valence electrons. The van der Waals surface area contributed by atoms with Gasteiger partial charge < -0.3 is 10.3 Å². The molecule has 0 spiro atoms. The SMILES string of the molecule is [O-][n+]1c(Br)ccc(O)c1Br. The van der Waals surface area contributed by atoms with E-state index < -0.39 is 0 Å². The minimum Gasteiger partial charge on any atom is -0.617 e. The summed E-state index contributed by atoms with van der Waals surface area (Å²) in [5.41, 5.74) is 0. The normalized spacial score (nSPS) is 9.80. The monoisotopic (exact) mass is 267 g/mol. The number of pyridine rings is 1. The van der Waals surface area contributed by atoms with Crippen LogP contribution in [-0.4, -0.2) is 5.11 Å². The highest BCUT2D eigenvalue weighted by Crippen LogP contribution is 2.20. The van der Waals surface area contributed by atoms with Gasteiger partial charge in [-0.2, -0.15) is 0 Å². The molecule has 0 saturated heterocycles. The largest absolute Gasteiger partial charge is 0.617 e. The molecule has 0 amide bonds. The van der Waals surface area contributed by atoms with Crippen LogP contribution in [0.3, 0.4) is 0 Å². The van der Waals surface area contributed by atoms with Gasteiger partial charge in [-0.25, -0.2) is 0 Å². The van der Waals surface area contributed by atoms with Gasteiger partial charge in [0.05, 0.1) is 0 Å². The standard InChI is InChI=1S/C5H3Br2NO2/c6-4-2-1-3(9)5(7)8(4)10/h1-2,9H. The van der Waals surface area contributed by atoms with Crippen molar-refractivity contribution < 1.29 is 9.84 Å². The first-order valence-electron chi connectivity index (χ1n) is 2.39. The van der Waals surface area contributed by atoms with Crippen LogP contribution in [-0.2, 0) is 0 Å². The highest BCUT2D eigenvalue weighted by molar-refractivity contribution is 9.11. The zero-order valence-electron chi connectivity index (χ0n) is 4.71. The van der Waals surface area contributed by atoms with Gasteiger partial charge in [0.1, 0.15) is 0 Å². The lowest BCUT2D eigenvalue weighted by molar-refractivity contribution is -0.629. The zero-order valence-corrected chi connectivity index (χ0v) is 7.89. The summed E-state index contributed by atoms with van der Waals surface area (Å²) in [7, 11) is 0. The summed E-state index contributed by atoms with van der Waals surface area (Å²) >= 11 is 5.89. The average molecular weight is 269 g/mol. The fourth-order valence-corrected chi connectivity index (χ4v) is 1.35. The Kier molecular flexibility index (Phi) is 2.15. The number of hydrogen-bond acceptors (Lipinski definition) is 2. The van der Waals surface area contributed by atoms with Crippen molar-refractivity contribution in [1.29, 1.82) is 0 Å². The van der Waals surface area contributed by atoms with E-state index in [2.05, 4.69) is 31.9 Å². The number of halogens is 2. The summed E-state index contributed by atoms with van der Waals surface area (Å²) in [4.78, 5) is 0. The van der Waals surface area contributed by atoms with Gasteiger partial charge in [0, 0.05) is 37.9 Å². The molecule has 10 heavy (non-hydrogen) atoms. The number of aromatic nitrogens is 1. The van der Waals surface area contributed by atoms with Crippen molar-refractivity contribution >= 4 is 31.9 Å². The van der Waals surface area contributed by atoms with E-state index in [1.165, 1.54) is 12.1 Å². The molecule has 0 unspecified atom stereocenters. The van der Waals surface area contributed by atoms with Gasteiger partial charge in [0.15, 0.2) is 5.75 Å². The van der Waals surface area contributed by atoms with Gasteiger partial charge in [0.25, 0.3) is 4.60 Å². The molecule has 1 aromatic heterocycles. The summed E-state index contributed by atoms with van der Waals surface area (Å²) in [6.07, 6.45) is 0. The van der Waals surface area contributed by atoms with Crippen LogP contribution in [0.25, 0.3) is 0 Å². The molecule has 1 aromatic rings. The smallest absolute Gasteiger partial charge is 0.302 e. The third kappa shape index (κ3) is 1.24. The molecule has 0 radical (unpaired) electrons. The Morgan fingerprint density at radius 1 is 1.40 bits per heavy atom. The van der Waals surface area contributed by atoms with Crippen molar-refractivity contribution in [3.63, 3.8) is 0 Å². The van der Waals surface area contributed by atoms with Crippen LogP contribution in [0.2, 0.25) is 0 Å². The van der Waals surface area contributed by atoms with Gasteiger partial charge in [-0.3, -0.25) is 0 Å². The van der Waals surface area contributed by atoms with E-state index in [-0.39, 0.29) is 10.4 Å². The average Bonchev–Trinajstić information content (AvgIpc) is 1.93. The fraction of sp³-hybridized carbons (Fsp3) is 0. The fourth-order valence-electron chi connectivity index (χ4n) is 0.482. The summed E-state index contributed by atoms with van der Waals surface area (Å²) < 4.78 is 1.01. The lowest BCUT2D eigenvalue weighted by Crippen LogP contribution is -2.29. The number of rotatable bonds is 0. The molecule has 0 bridgehead atoms. The Morgan fingerprint density at radius 3 is 2.50 bits per heavy atom. The van der Waals surface area contributed by atoms with Crippen LogP contribution < -0.4 is 4.73 Å². The molecule has 1 N–H and O–H groups in total. The van der Waals surface area contributed by atoms with Crippen molar-refractivity contribution in [1.82, 2.24) is 0 Å². The summed E-state index contributed by atoms with van der Waals surface area (Å²) in [6.45, 7) is 0. The first kappa shape index (κ1) is 7.81. The van der Waals surface area contributed by atoms with Gasteiger partial charge in [-0.15, -0.1) is 4.73 Å². The molecule has 0 atom stereocenters. The molecule has 0 saturated carbocycles. The van der Waals surface area contributed by atoms with Gasteiger partial charge >= 0.3 is 4.60 Å². The van der Waals surface area contributed by atoms with Crippen LogP contribution in [0.1, 0.15) is 0 Å². The molecule has 0 aromatic carbocycles. The third-order valence-corrected chi connectivity index (χ3v) is 2.28. The first-order chi connectivity index (χ1) is 4.63. The number of aromatic hydroxyl groups is 1. The molecule has 0 fully saturated rings. The van der Waals surface area contributed by atoms with E-state index in [1.54, 1.807) is 0 Å². The number of nitrogens with zero attached hydrogens (tertiary/aromatic N) is 1. The van der Waals surface area contributed by atoms with Gasteiger partial charge in [-0.05, 0) is 6.07 Å². The van der Waals surface area contributed by atoms with Crippen molar-refractivity contribution in [2.45, 2.75) is 0 Å². The van der Waals surface area contributed by atoms with Crippen LogP contribution in [0.4, 0.5) is 0 Å². The van der Waals surface area contributed by atoms with Gasteiger partial charge in [-0.1, -0.05) is 0 Å². The van der Waals surface area contributed by atoms with Crippen molar-refractivity contribution in [2.75, 3.05) is 0 Å². The minimum atomic E-state index is -0.0711. The molecule has 1 rings (SSSR count). The Bertz CT molecular complexity index is 237. The van der Waals surface area contributed by atoms with Crippen LogP contribution >= 0.6 is 31.9 Å². The molecule has 5 heteroatoms. The molecule has 0 aliphatic heterocycles. The molecule has 1 heterocycles. The first-order valence-corrected chi connectivity index (χ1v) is 3.98. The van der Waals surface area contributed by atoms with E-state index in [4.69, 9.17) is 5.11 Å². The highest BCUT2D eigenvalue weighted by Gasteiger charge is 2.10. The van der Waals surface area contributed by atoms with Crippen LogP contribution in [0.15, 0.2) is 21.3 Å². The molecular weight excluding hydrogens is 266 g/mol. The molecule has 0 aliphatic carbocycles. The molecule has 0 aliphatic rings. The lowest BCUT2D eigenvalue weighted by atomic mass is 10.5. The van der Waals surface area contributed by atoms with E-state index in [0.717, 1.165) is 0 Å². The summed E-state index contributed by atoms with van der Waals surface area (Å²) in [5.74, 6) is -0.0711. The summed E-state index contributed by atoms with van der Waals surface area (Å²) in [6, 6.07) is 2.88. The Hall–Kier alpha value is -0.290. The second kappa shape index (κ2) is 2.75. The van der Waals surface area contributed by atoms with Crippen LogP contribution in [0.5, 0.6) is 5.75 Å². The highest BCUT2D eigenvalue weighted by atomic mass is 79.9. The lowest BCUT2D eigenvalue weighted by Gasteiger charge is -2.00. The molecular formula is C5H3Br2NO2. The maximum atomic E-state index is 10.9. The quantitative estimate of drug-likeness (QED) is 0.441. The third-order valence-electron chi connectivity index (χ3n) is 0.962. The van der Waals surface area contributed by atoms with Crippen molar-refractivity contribution in [2.24, 2.45) is 0 Å². The van der Waals surface area contributed by atoms with Crippen LogP contribution in [0, 0.1) is 5.21 Å². The Morgan fingerprint density at radius 2 is 2.00 bits per heavy atom. The zero-order chi connectivity index (χ0) is 7.72. The topological polar surface area (TPSA) is 47.2 Å². The minimum absolute atomic E-state index is 0.0711. The van der Waals surface area contributed by atoms with E-state index >= 15 is 0 Å². The van der Waals surface area contributed by atoms with E-state index in [9.17, 15) is 5.21 Å². The second-order valence-corrected chi connectivity index (χ2v) is 3.19. The maximum absolute atomic E-state index is 10.9. The van der Waals surface area contributed by atoms with Gasteiger partial charge in [0.2, 0.25) is 0 Å². The van der Waals surface area contributed by atoms with E-state index in [0.29, 0.717) is 9.33 Å². The Balaban J connectivity index is 3.34. The second-order valence-electron chi connectivity index (χ2n) is 1.63. The molecule has 3 nitrogen and oxygen atoms in total. The van der Waals surface area contributed by atoms with Crippen molar-refractivity contribution in [3.8, 4) is 5.75 Å². The predicted molar refractivity (Wildman–Crippen MR) is 42.5 cm³/mol. The maximum Gasteiger partial charge on any atom is 0.302 e. The summed E-state index contributed by atoms with van der Waals surface area (Å²) in [5, 5.41) is 19.8.